The molecule has 1 fully saturated rings. The van der Waals surface area contributed by atoms with E-state index in [1.807, 2.05) is 0 Å². The van der Waals surface area contributed by atoms with Crippen molar-refractivity contribution in [3.05, 3.63) is 71.8 Å². The molecule has 0 bridgehead atoms. The molecule has 0 radical (unpaired) electrons. The topological polar surface area (TPSA) is 3.24 Å². The van der Waals surface area contributed by atoms with Crippen molar-refractivity contribution in [1.82, 2.24) is 4.90 Å². The van der Waals surface area contributed by atoms with Gasteiger partial charge in [0.1, 0.15) is 0 Å². The highest BCUT2D eigenvalue weighted by atomic mass is 32.1. The second-order valence-corrected chi connectivity index (χ2v) is 6.63. The minimum Gasteiger partial charge on any atom is -0.299 e. The van der Waals surface area contributed by atoms with Crippen LogP contribution >= 0.6 is 12.2 Å². The third kappa shape index (κ3) is 4.02. The predicted octanol–water partition coefficient (Wildman–Crippen LogP) is 4.48. The maximum Gasteiger partial charge on any atom is 0.0303 e. The van der Waals surface area contributed by atoms with Gasteiger partial charge in [-0.15, -0.1) is 0 Å². The van der Waals surface area contributed by atoms with Crippen molar-refractivity contribution in [2.75, 3.05) is 19.6 Å². The molecule has 3 rings (SSSR count). The molecule has 0 aromatic heterocycles. The van der Waals surface area contributed by atoms with Gasteiger partial charge in [0, 0.05) is 17.3 Å². The molecule has 1 nitrogen and oxygen atoms in total. The van der Waals surface area contributed by atoms with E-state index in [9.17, 15) is 0 Å². The zero-order valence-corrected chi connectivity index (χ0v) is 13.8. The van der Waals surface area contributed by atoms with Crippen LogP contribution in [0.2, 0.25) is 0 Å². The lowest BCUT2D eigenvalue weighted by Gasteiger charge is -2.23. The van der Waals surface area contributed by atoms with Crippen LogP contribution in [0, 0.1) is 0 Å². The maximum atomic E-state index is 5.85. The molecule has 1 heterocycles. The molecule has 0 unspecified atom stereocenters. The van der Waals surface area contributed by atoms with Gasteiger partial charge in [-0.1, -0.05) is 72.9 Å². The fourth-order valence-corrected chi connectivity index (χ4v) is 3.63. The average molecular weight is 309 g/mol. The molecule has 0 N–H and O–H groups in total. The maximum absolute atomic E-state index is 5.85. The van der Waals surface area contributed by atoms with Crippen LogP contribution in [-0.4, -0.2) is 29.4 Å². The summed E-state index contributed by atoms with van der Waals surface area (Å²) in [6.45, 7) is 3.36. The van der Waals surface area contributed by atoms with E-state index in [1.165, 1.54) is 41.9 Å². The summed E-state index contributed by atoms with van der Waals surface area (Å²) < 4.78 is 0. The van der Waals surface area contributed by atoms with E-state index in [2.05, 4.69) is 65.6 Å². The standard InChI is InChI=1S/C20H23NS/c22-20(16-21-13-7-8-14-21)19(18-11-5-2-6-12-18)15-17-9-3-1-4-10-17/h1-6,9-12,19H,7-8,13-16H2/t19-/m0/s1. The van der Waals surface area contributed by atoms with Crippen LogP contribution < -0.4 is 0 Å². The minimum absolute atomic E-state index is 0.333. The SMILES string of the molecule is S=C(CN1CCCC1)[C@@H](Cc1ccccc1)c1ccccc1. The van der Waals surface area contributed by atoms with Crippen LogP contribution in [0.4, 0.5) is 0 Å². The monoisotopic (exact) mass is 309 g/mol. The molecule has 2 aromatic rings. The van der Waals surface area contributed by atoms with Crippen molar-refractivity contribution in [3.63, 3.8) is 0 Å². The van der Waals surface area contributed by atoms with Crippen molar-refractivity contribution >= 4 is 17.1 Å². The number of nitrogens with zero attached hydrogens (tertiary/aromatic N) is 1. The quantitative estimate of drug-likeness (QED) is 0.724. The number of hydrogen-bond donors (Lipinski definition) is 0. The van der Waals surface area contributed by atoms with E-state index in [1.54, 1.807) is 0 Å². The minimum atomic E-state index is 0.333. The number of rotatable bonds is 6. The van der Waals surface area contributed by atoms with Crippen LogP contribution in [0.15, 0.2) is 60.7 Å². The zero-order chi connectivity index (χ0) is 15.2. The fourth-order valence-electron chi connectivity index (χ4n) is 3.22. The summed E-state index contributed by atoms with van der Waals surface area (Å²) in [6, 6.07) is 21.4. The molecule has 114 valence electrons. The average Bonchev–Trinajstić information content (AvgIpc) is 3.07. The molecule has 2 aromatic carbocycles. The third-order valence-electron chi connectivity index (χ3n) is 4.45. The molecule has 0 aliphatic carbocycles. The Kier molecular flexibility index (Phi) is 5.36. The first-order chi connectivity index (χ1) is 10.8. The molecule has 1 saturated heterocycles. The molecule has 1 atom stereocenters. The first-order valence-corrected chi connectivity index (χ1v) is 8.58. The summed E-state index contributed by atoms with van der Waals surface area (Å²) in [5.74, 6) is 0.333. The Morgan fingerprint density at radius 3 is 2.14 bits per heavy atom. The Morgan fingerprint density at radius 1 is 0.909 bits per heavy atom. The molecular formula is C20H23NS. The molecule has 1 aliphatic heterocycles. The van der Waals surface area contributed by atoms with E-state index >= 15 is 0 Å². The van der Waals surface area contributed by atoms with Gasteiger partial charge < -0.3 is 0 Å². The fraction of sp³-hybridized carbons (Fsp3) is 0.350. The Bertz CT molecular complexity index is 588. The van der Waals surface area contributed by atoms with Gasteiger partial charge in [0.15, 0.2) is 0 Å². The second-order valence-electron chi connectivity index (χ2n) is 6.10. The molecule has 0 saturated carbocycles. The summed E-state index contributed by atoms with van der Waals surface area (Å²) in [7, 11) is 0. The van der Waals surface area contributed by atoms with E-state index in [4.69, 9.17) is 12.2 Å². The predicted molar refractivity (Wildman–Crippen MR) is 97.6 cm³/mol. The molecule has 0 spiro atoms. The third-order valence-corrected chi connectivity index (χ3v) is 4.86. The Hall–Kier alpha value is -1.51. The van der Waals surface area contributed by atoms with Crippen molar-refractivity contribution < 1.29 is 0 Å². The molecule has 22 heavy (non-hydrogen) atoms. The molecule has 0 amide bonds. The first kappa shape index (κ1) is 15.4. The van der Waals surface area contributed by atoms with Crippen LogP contribution in [0.1, 0.15) is 29.9 Å². The smallest absolute Gasteiger partial charge is 0.0303 e. The lowest BCUT2D eigenvalue weighted by molar-refractivity contribution is 0.386. The van der Waals surface area contributed by atoms with E-state index in [-0.39, 0.29) is 0 Å². The van der Waals surface area contributed by atoms with E-state index < -0.39 is 0 Å². The lowest BCUT2D eigenvalue weighted by Crippen LogP contribution is -2.30. The van der Waals surface area contributed by atoms with Gasteiger partial charge in [0.25, 0.3) is 0 Å². The summed E-state index contributed by atoms with van der Waals surface area (Å²) in [4.78, 5) is 3.68. The summed E-state index contributed by atoms with van der Waals surface area (Å²) >= 11 is 5.85. The normalized spacial score (nSPS) is 16.5. The molecular weight excluding hydrogens is 286 g/mol. The highest BCUT2D eigenvalue weighted by Gasteiger charge is 2.21. The summed E-state index contributed by atoms with van der Waals surface area (Å²) in [6.07, 6.45) is 3.63. The number of thiocarbonyl (C=S) groups is 1. The first-order valence-electron chi connectivity index (χ1n) is 8.17. The summed E-state index contributed by atoms with van der Waals surface area (Å²) in [5, 5.41) is 0. The van der Waals surface area contributed by atoms with Crippen LogP contribution in [-0.2, 0) is 6.42 Å². The molecule has 1 aliphatic rings. The Balaban J connectivity index is 1.77. The van der Waals surface area contributed by atoms with Crippen molar-refractivity contribution in [2.45, 2.75) is 25.2 Å². The van der Waals surface area contributed by atoms with Crippen LogP contribution in [0.25, 0.3) is 0 Å². The van der Waals surface area contributed by atoms with Crippen LogP contribution in [0.5, 0.6) is 0 Å². The van der Waals surface area contributed by atoms with Crippen molar-refractivity contribution in [2.24, 2.45) is 0 Å². The van der Waals surface area contributed by atoms with Gasteiger partial charge in [0.2, 0.25) is 0 Å². The van der Waals surface area contributed by atoms with Gasteiger partial charge in [-0.05, 0) is 43.5 Å². The Morgan fingerprint density at radius 2 is 1.50 bits per heavy atom. The largest absolute Gasteiger partial charge is 0.299 e. The van der Waals surface area contributed by atoms with Gasteiger partial charge >= 0.3 is 0 Å². The van der Waals surface area contributed by atoms with Gasteiger partial charge in [-0.3, -0.25) is 4.90 Å². The van der Waals surface area contributed by atoms with E-state index in [0.29, 0.717) is 5.92 Å². The van der Waals surface area contributed by atoms with Gasteiger partial charge in [0.05, 0.1) is 0 Å². The number of benzene rings is 2. The highest BCUT2D eigenvalue weighted by Crippen LogP contribution is 2.24. The lowest BCUT2D eigenvalue weighted by atomic mass is 9.89. The highest BCUT2D eigenvalue weighted by molar-refractivity contribution is 7.80. The van der Waals surface area contributed by atoms with Crippen molar-refractivity contribution in [3.8, 4) is 0 Å². The zero-order valence-electron chi connectivity index (χ0n) is 12.9. The summed E-state index contributed by atoms with van der Waals surface area (Å²) in [5.41, 5.74) is 2.70. The molecule has 2 heteroatoms. The van der Waals surface area contributed by atoms with Gasteiger partial charge in [-0.25, -0.2) is 0 Å². The number of hydrogen-bond acceptors (Lipinski definition) is 2. The number of likely N-dealkylation sites (tertiary alicyclic amines) is 1. The second kappa shape index (κ2) is 7.66. The van der Waals surface area contributed by atoms with Crippen LogP contribution in [0.3, 0.4) is 0 Å². The Labute approximate surface area is 139 Å². The van der Waals surface area contributed by atoms with Gasteiger partial charge in [-0.2, -0.15) is 0 Å². The van der Waals surface area contributed by atoms with E-state index in [0.717, 1.165) is 13.0 Å². The van der Waals surface area contributed by atoms with Crippen molar-refractivity contribution in [1.29, 1.82) is 0 Å².